The molecule has 0 saturated heterocycles. The zero-order valence-corrected chi connectivity index (χ0v) is 13.5. The first-order valence-corrected chi connectivity index (χ1v) is 7.60. The zero-order valence-electron chi connectivity index (χ0n) is 13.5. The summed E-state index contributed by atoms with van der Waals surface area (Å²) in [5.41, 5.74) is 2.82. The predicted octanol–water partition coefficient (Wildman–Crippen LogP) is 2.37. The van der Waals surface area contributed by atoms with E-state index in [1.165, 1.54) is 6.33 Å². The Balaban J connectivity index is 1.54. The fourth-order valence-corrected chi connectivity index (χ4v) is 2.23. The van der Waals surface area contributed by atoms with E-state index in [1.54, 1.807) is 41.3 Å². The number of nitrogens with zero attached hydrogens (tertiary/aromatic N) is 3. The van der Waals surface area contributed by atoms with Crippen molar-refractivity contribution in [3.8, 4) is 5.69 Å². The molecule has 0 aliphatic heterocycles. The van der Waals surface area contributed by atoms with Gasteiger partial charge in [0.1, 0.15) is 12.7 Å². The average Bonchev–Trinajstić information content (AvgIpc) is 3.14. The summed E-state index contributed by atoms with van der Waals surface area (Å²) in [5, 5.41) is 6.69. The first-order valence-electron chi connectivity index (χ1n) is 7.60. The van der Waals surface area contributed by atoms with Gasteiger partial charge >= 0.3 is 5.97 Å². The second kappa shape index (κ2) is 7.39. The number of nitrogens with one attached hydrogen (secondary N) is 1. The molecule has 7 nitrogen and oxygen atoms in total. The number of anilines is 1. The standard InChI is InChI=1S/C18H16N4O3/c1-13-3-2-4-15(9-13)21-17(23)10-25-18(24)14-5-7-16(8-6-14)22-12-19-11-20-22/h2-9,11-12H,10H2,1H3,(H,21,23). The summed E-state index contributed by atoms with van der Waals surface area (Å²) < 4.78 is 6.61. The number of esters is 1. The lowest BCUT2D eigenvalue weighted by Crippen LogP contribution is -2.21. The molecule has 0 bridgehead atoms. The molecule has 0 fully saturated rings. The van der Waals surface area contributed by atoms with Crippen LogP contribution in [0.2, 0.25) is 0 Å². The molecule has 2 aromatic carbocycles. The molecule has 3 aromatic rings. The molecular weight excluding hydrogens is 320 g/mol. The van der Waals surface area contributed by atoms with E-state index in [-0.39, 0.29) is 6.61 Å². The van der Waals surface area contributed by atoms with Gasteiger partial charge in [0.05, 0.1) is 11.3 Å². The number of carbonyl (C=O) groups is 2. The van der Waals surface area contributed by atoms with Crippen molar-refractivity contribution in [2.24, 2.45) is 0 Å². The van der Waals surface area contributed by atoms with E-state index < -0.39 is 11.9 Å². The van der Waals surface area contributed by atoms with Gasteiger partial charge < -0.3 is 10.1 Å². The summed E-state index contributed by atoms with van der Waals surface area (Å²) in [7, 11) is 0. The number of amides is 1. The first kappa shape index (κ1) is 16.4. The molecule has 0 aliphatic carbocycles. The molecule has 3 rings (SSSR count). The third-order valence-electron chi connectivity index (χ3n) is 3.42. The van der Waals surface area contributed by atoms with E-state index in [0.717, 1.165) is 11.3 Å². The maximum Gasteiger partial charge on any atom is 0.338 e. The third kappa shape index (κ3) is 4.29. The molecule has 126 valence electrons. The Kier molecular flexibility index (Phi) is 4.84. The van der Waals surface area contributed by atoms with Crippen molar-refractivity contribution in [1.29, 1.82) is 0 Å². The Morgan fingerprint density at radius 1 is 1.16 bits per heavy atom. The number of carbonyl (C=O) groups excluding carboxylic acids is 2. The van der Waals surface area contributed by atoms with Gasteiger partial charge in [-0.05, 0) is 48.9 Å². The molecular formula is C18H16N4O3. The van der Waals surface area contributed by atoms with E-state index in [0.29, 0.717) is 11.3 Å². The van der Waals surface area contributed by atoms with Crippen LogP contribution in [0.4, 0.5) is 5.69 Å². The molecule has 25 heavy (non-hydrogen) atoms. The minimum Gasteiger partial charge on any atom is -0.452 e. The van der Waals surface area contributed by atoms with Gasteiger partial charge in [-0.3, -0.25) is 4.79 Å². The van der Waals surface area contributed by atoms with Gasteiger partial charge in [0.25, 0.3) is 5.91 Å². The van der Waals surface area contributed by atoms with Crippen molar-refractivity contribution in [1.82, 2.24) is 14.8 Å². The molecule has 7 heteroatoms. The summed E-state index contributed by atoms with van der Waals surface area (Å²) in [4.78, 5) is 27.7. The minimum absolute atomic E-state index is 0.350. The lowest BCUT2D eigenvalue weighted by Gasteiger charge is -2.07. The lowest BCUT2D eigenvalue weighted by molar-refractivity contribution is -0.119. The average molecular weight is 336 g/mol. The van der Waals surface area contributed by atoms with E-state index in [9.17, 15) is 9.59 Å². The number of aryl methyl sites for hydroxylation is 1. The van der Waals surface area contributed by atoms with Gasteiger partial charge in [-0.1, -0.05) is 12.1 Å². The van der Waals surface area contributed by atoms with Crippen molar-refractivity contribution in [2.45, 2.75) is 6.92 Å². The van der Waals surface area contributed by atoms with Crippen LogP contribution in [-0.2, 0) is 9.53 Å². The van der Waals surface area contributed by atoms with Crippen LogP contribution >= 0.6 is 0 Å². The summed E-state index contributed by atoms with van der Waals surface area (Å²) in [6, 6.07) is 14.0. The van der Waals surface area contributed by atoms with Crippen LogP contribution in [0.15, 0.2) is 61.2 Å². The highest BCUT2D eigenvalue weighted by molar-refractivity contribution is 5.95. The third-order valence-corrected chi connectivity index (χ3v) is 3.42. The smallest absolute Gasteiger partial charge is 0.338 e. The second-order valence-corrected chi connectivity index (χ2v) is 5.38. The second-order valence-electron chi connectivity index (χ2n) is 5.38. The fourth-order valence-electron chi connectivity index (χ4n) is 2.23. The van der Waals surface area contributed by atoms with Crippen molar-refractivity contribution in [2.75, 3.05) is 11.9 Å². The quantitative estimate of drug-likeness (QED) is 0.723. The van der Waals surface area contributed by atoms with Gasteiger partial charge in [0.2, 0.25) is 0 Å². The highest BCUT2D eigenvalue weighted by Crippen LogP contribution is 2.11. The summed E-state index contributed by atoms with van der Waals surface area (Å²) >= 11 is 0. The van der Waals surface area contributed by atoms with Gasteiger partial charge in [0, 0.05) is 5.69 Å². The first-order chi connectivity index (χ1) is 12.1. The Morgan fingerprint density at radius 3 is 2.64 bits per heavy atom. The molecule has 0 unspecified atom stereocenters. The Morgan fingerprint density at radius 2 is 1.96 bits per heavy atom. The minimum atomic E-state index is -0.565. The van der Waals surface area contributed by atoms with Crippen LogP contribution in [0.3, 0.4) is 0 Å². The zero-order chi connectivity index (χ0) is 17.6. The largest absolute Gasteiger partial charge is 0.452 e. The number of rotatable bonds is 5. The summed E-state index contributed by atoms with van der Waals surface area (Å²) in [5.74, 6) is -0.956. The van der Waals surface area contributed by atoms with E-state index >= 15 is 0 Å². The molecule has 1 amide bonds. The SMILES string of the molecule is Cc1cccc(NC(=O)COC(=O)c2ccc(-n3cncn3)cc2)c1. The highest BCUT2D eigenvalue weighted by Gasteiger charge is 2.11. The van der Waals surface area contributed by atoms with Crippen LogP contribution < -0.4 is 5.32 Å². The highest BCUT2D eigenvalue weighted by atomic mass is 16.5. The predicted molar refractivity (Wildman–Crippen MR) is 91.5 cm³/mol. The summed E-state index contributed by atoms with van der Waals surface area (Å²) in [6.07, 6.45) is 2.98. The van der Waals surface area contributed by atoms with Gasteiger partial charge in [-0.15, -0.1) is 0 Å². The summed E-state index contributed by atoms with van der Waals surface area (Å²) in [6.45, 7) is 1.58. The van der Waals surface area contributed by atoms with Gasteiger partial charge in [0.15, 0.2) is 6.61 Å². The molecule has 0 spiro atoms. The van der Waals surface area contributed by atoms with Crippen molar-refractivity contribution in [3.63, 3.8) is 0 Å². The van der Waals surface area contributed by atoms with Gasteiger partial charge in [-0.25, -0.2) is 14.5 Å². The van der Waals surface area contributed by atoms with Crippen LogP contribution in [0.1, 0.15) is 15.9 Å². The fraction of sp³-hybridized carbons (Fsp3) is 0.111. The molecule has 0 radical (unpaired) electrons. The molecule has 1 N–H and O–H groups in total. The monoisotopic (exact) mass is 336 g/mol. The molecule has 0 atom stereocenters. The van der Waals surface area contributed by atoms with Crippen molar-refractivity contribution < 1.29 is 14.3 Å². The number of ether oxygens (including phenoxy) is 1. The van der Waals surface area contributed by atoms with Crippen LogP contribution in [0.25, 0.3) is 5.69 Å². The van der Waals surface area contributed by atoms with Crippen molar-refractivity contribution >= 4 is 17.6 Å². The lowest BCUT2D eigenvalue weighted by atomic mass is 10.2. The van der Waals surface area contributed by atoms with E-state index in [4.69, 9.17) is 4.74 Å². The van der Waals surface area contributed by atoms with Crippen LogP contribution in [-0.4, -0.2) is 33.2 Å². The van der Waals surface area contributed by atoms with E-state index in [1.807, 2.05) is 25.1 Å². The normalized spacial score (nSPS) is 10.3. The van der Waals surface area contributed by atoms with Crippen molar-refractivity contribution in [3.05, 3.63) is 72.3 Å². The number of hydrogen-bond acceptors (Lipinski definition) is 5. The Bertz CT molecular complexity index is 874. The number of hydrogen-bond donors (Lipinski definition) is 1. The molecule has 1 heterocycles. The molecule has 0 aliphatic rings. The Hall–Kier alpha value is -3.48. The maximum atomic E-state index is 12.0. The molecule has 0 saturated carbocycles. The van der Waals surface area contributed by atoms with E-state index in [2.05, 4.69) is 15.4 Å². The van der Waals surface area contributed by atoms with Gasteiger partial charge in [-0.2, -0.15) is 5.10 Å². The number of benzene rings is 2. The maximum absolute atomic E-state index is 12.0. The molecule has 1 aromatic heterocycles. The number of aromatic nitrogens is 3. The topological polar surface area (TPSA) is 86.1 Å². The Labute approximate surface area is 144 Å². The van der Waals surface area contributed by atoms with Crippen LogP contribution in [0.5, 0.6) is 0 Å². The van der Waals surface area contributed by atoms with Crippen LogP contribution in [0, 0.1) is 6.92 Å².